The molecule has 0 saturated heterocycles. The summed E-state index contributed by atoms with van der Waals surface area (Å²) in [5.41, 5.74) is 2.37. The van der Waals surface area contributed by atoms with Gasteiger partial charge in [0.15, 0.2) is 0 Å². The molecule has 0 radical (unpaired) electrons. The van der Waals surface area contributed by atoms with E-state index in [-0.39, 0.29) is 5.69 Å². The first-order valence-electron chi connectivity index (χ1n) is 5.96. The second-order valence-corrected chi connectivity index (χ2v) is 4.23. The molecule has 110 valence electrons. The molecule has 0 bridgehead atoms. The second kappa shape index (κ2) is 5.84. The molecule has 21 heavy (non-hydrogen) atoms. The van der Waals surface area contributed by atoms with E-state index in [4.69, 9.17) is 5.84 Å². The topological polar surface area (TPSA) is 58.4 Å². The molecule has 0 unspecified atom stereocenters. The van der Waals surface area contributed by atoms with E-state index in [1.165, 1.54) is 12.1 Å². The van der Waals surface area contributed by atoms with Gasteiger partial charge in [-0.1, -0.05) is 18.2 Å². The van der Waals surface area contributed by atoms with Crippen LogP contribution in [0, 0.1) is 0 Å². The Kier molecular flexibility index (Phi) is 4.13. The molecule has 0 aromatic heterocycles. The smallest absolute Gasteiger partial charge is 0.281 e. The molecule has 4 nitrogen and oxygen atoms in total. The van der Waals surface area contributed by atoms with Gasteiger partial charge in [-0.2, -0.15) is 18.3 Å². The number of nitrogens with one attached hydrogen (secondary N) is 1. The van der Waals surface area contributed by atoms with E-state index >= 15 is 0 Å². The van der Waals surface area contributed by atoms with Crippen LogP contribution < -0.4 is 11.3 Å². The number of carbonyl (C=O) groups excluding carboxylic acids is 1. The molecule has 2 aromatic carbocycles. The summed E-state index contributed by atoms with van der Waals surface area (Å²) in [5.74, 6) is 5.05. The summed E-state index contributed by atoms with van der Waals surface area (Å²) in [6.07, 6.45) is -4.40. The number of benzene rings is 2. The number of hydrogen-bond acceptors (Lipinski definition) is 3. The van der Waals surface area contributed by atoms with Crippen LogP contribution in [0.25, 0.3) is 0 Å². The van der Waals surface area contributed by atoms with Crippen molar-refractivity contribution < 1.29 is 18.0 Å². The number of anilines is 1. The Morgan fingerprint density at radius 2 is 1.57 bits per heavy atom. The maximum Gasteiger partial charge on any atom is 0.416 e. The van der Waals surface area contributed by atoms with Gasteiger partial charge >= 0.3 is 6.18 Å². The summed E-state index contributed by atoms with van der Waals surface area (Å²) in [4.78, 5) is 11.9. The van der Waals surface area contributed by atoms with Crippen LogP contribution in [0.3, 0.4) is 0 Å². The van der Waals surface area contributed by atoms with Crippen LogP contribution in [0.4, 0.5) is 18.9 Å². The maximum absolute atomic E-state index is 12.4. The number of carbonyl (C=O) groups is 1. The third-order valence-corrected chi connectivity index (χ3v) is 2.70. The van der Waals surface area contributed by atoms with Crippen molar-refractivity contribution in [3.8, 4) is 0 Å². The highest BCUT2D eigenvalue weighted by Gasteiger charge is 2.30. The number of nitrogens with two attached hydrogens (primary N) is 1. The molecule has 2 rings (SSSR count). The maximum atomic E-state index is 12.4. The lowest BCUT2D eigenvalue weighted by Crippen LogP contribution is -2.42. The molecule has 7 heteroatoms. The minimum absolute atomic E-state index is 0.273. The summed E-state index contributed by atoms with van der Waals surface area (Å²) in [7, 11) is 0. The lowest BCUT2D eigenvalue weighted by atomic mass is 10.2. The molecule has 1 amide bonds. The first-order chi connectivity index (χ1) is 9.88. The highest BCUT2D eigenvalue weighted by atomic mass is 19.4. The van der Waals surface area contributed by atoms with Gasteiger partial charge in [0.05, 0.1) is 11.3 Å². The van der Waals surface area contributed by atoms with Crippen LogP contribution in [-0.2, 0) is 6.18 Å². The first-order valence-corrected chi connectivity index (χ1v) is 5.96. The molecule has 0 atom stereocenters. The summed E-state index contributed by atoms with van der Waals surface area (Å²) < 4.78 is 37.3. The SMILES string of the molecule is NN(Nc1ccc(C(F)(F)F)cc1)C(=O)c1ccccc1. The Morgan fingerprint density at radius 1 is 1.00 bits per heavy atom. The van der Waals surface area contributed by atoms with E-state index in [0.29, 0.717) is 5.56 Å². The quantitative estimate of drug-likeness (QED) is 0.520. The number of rotatable bonds is 3. The first kappa shape index (κ1) is 14.9. The predicted molar refractivity (Wildman–Crippen MR) is 71.9 cm³/mol. The number of hydrogen-bond donors (Lipinski definition) is 2. The van der Waals surface area contributed by atoms with Crippen molar-refractivity contribution in [2.24, 2.45) is 5.84 Å². The zero-order chi connectivity index (χ0) is 15.5. The summed E-state index contributed by atoms with van der Waals surface area (Å²) in [6.45, 7) is 0. The number of hydrazine groups is 2. The van der Waals surface area contributed by atoms with Crippen molar-refractivity contribution in [2.45, 2.75) is 6.18 Å². The van der Waals surface area contributed by atoms with Crippen LogP contribution in [0.2, 0.25) is 0 Å². The Hall–Kier alpha value is -2.54. The number of alkyl halides is 3. The Balaban J connectivity index is 2.06. The Morgan fingerprint density at radius 3 is 2.10 bits per heavy atom. The van der Waals surface area contributed by atoms with Crippen LogP contribution in [0.15, 0.2) is 54.6 Å². The molecule has 0 heterocycles. The van der Waals surface area contributed by atoms with Crippen molar-refractivity contribution in [1.29, 1.82) is 0 Å². The third-order valence-electron chi connectivity index (χ3n) is 2.70. The Labute approximate surface area is 118 Å². The van der Waals surface area contributed by atoms with Gasteiger partial charge in [0.25, 0.3) is 5.91 Å². The summed E-state index contributed by atoms with van der Waals surface area (Å²) >= 11 is 0. The van der Waals surface area contributed by atoms with Gasteiger partial charge in [-0.05, 0) is 36.4 Å². The number of amides is 1. The van der Waals surface area contributed by atoms with Crippen molar-refractivity contribution in [1.82, 2.24) is 5.12 Å². The summed E-state index contributed by atoms with van der Waals surface area (Å²) in [6, 6.07) is 12.5. The predicted octanol–water partition coefficient (Wildman–Crippen LogP) is 3.05. The molecule has 0 spiro atoms. The van der Waals surface area contributed by atoms with Crippen LogP contribution in [-0.4, -0.2) is 11.0 Å². The number of nitrogens with zero attached hydrogens (tertiary/aromatic N) is 1. The molecule has 0 aliphatic rings. The van der Waals surface area contributed by atoms with Gasteiger partial charge < -0.3 is 0 Å². The minimum atomic E-state index is -4.40. The lowest BCUT2D eigenvalue weighted by Gasteiger charge is -2.19. The minimum Gasteiger partial charge on any atom is -0.281 e. The zero-order valence-electron chi connectivity index (χ0n) is 10.8. The molecule has 0 aliphatic heterocycles. The molecular formula is C14H12F3N3O. The standard InChI is InChI=1S/C14H12F3N3O/c15-14(16,17)11-6-8-12(9-7-11)19-20(18)13(21)10-4-2-1-3-5-10/h1-9,19H,18H2. The molecule has 0 fully saturated rings. The molecule has 2 aromatic rings. The van der Waals surface area contributed by atoms with Gasteiger partial charge in [-0.25, -0.2) is 5.84 Å². The normalized spacial score (nSPS) is 11.0. The fraction of sp³-hybridized carbons (Fsp3) is 0.0714. The zero-order valence-corrected chi connectivity index (χ0v) is 10.8. The summed E-state index contributed by atoms with van der Waals surface area (Å²) in [5, 5.41) is 0.720. The lowest BCUT2D eigenvalue weighted by molar-refractivity contribution is -0.137. The van der Waals surface area contributed by atoms with Gasteiger partial charge in [0.1, 0.15) is 0 Å². The average molecular weight is 295 g/mol. The van der Waals surface area contributed by atoms with Crippen LogP contribution in [0.1, 0.15) is 15.9 Å². The van der Waals surface area contributed by atoms with E-state index in [2.05, 4.69) is 5.43 Å². The molecule has 0 saturated carbocycles. The van der Waals surface area contributed by atoms with E-state index in [1.807, 2.05) is 0 Å². The highest BCUT2D eigenvalue weighted by molar-refractivity contribution is 5.94. The van der Waals surface area contributed by atoms with E-state index in [1.54, 1.807) is 30.3 Å². The largest absolute Gasteiger partial charge is 0.416 e. The monoisotopic (exact) mass is 295 g/mol. The molecular weight excluding hydrogens is 283 g/mol. The van der Waals surface area contributed by atoms with Crippen molar-refractivity contribution in [3.05, 3.63) is 65.7 Å². The Bertz CT molecular complexity index is 612. The number of halogens is 3. The van der Waals surface area contributed by atoms with Gasteiger partial charge in [0, 0.05) is 5.56 Å². The van der Waals surface area contributed by atoms with Gasteiger partial charge in [-0.15, -0.1) is 0 Å². The van der Waals surface area contributed by atoms with Gasteiger partial charge in [0.2, 0.25) is 0 Å². The van der Waals surface area contributed by atoms with E-state index in [9.17, 15) is 18.0 Å². The molecule has 3 N–H and O–H groups in total. The van der Waals surface area contributed by atoms with Gasteiger partial charge in [-0.3, -0.25) is 10.2 Å². The van der Waals surface area contributed by atoms with Crippen molar-refractivity contribution >= 4 is 11.6 Å². The van der Waals surface area contributed by atoms with Crippen molar-refractivity contribution in [2.75, 3.05) is 5.43 Å². The van der Waals surface area contributed by atoms with E-state index < -0.39 is 17.6 Å². The van der Waals surface area contributed by atoms with Crippen LogP contribution >= 0.6 is 0 Å². The van der Waals surface area contributed by atoms with E-state index in [0.717, 1.165) is 17.3 Å². The third kappa shape index (κ3) is 3.73. The van der Waals surface area contributed by atoms with Crippen molar-refractivity contribution in [3.63, 3.8) is 0 Å². The fourth-order valence-corrected chi connectivity index (χ4v) is 1.64. The second-order valence-electron chi connectivity index (χ2n) is 4.23. The van der Waals surface area contributed by atoms with Crippen LogP contribution in [0.5, 0.6) is 0 Å². The highest BCUT2D eigenvalue weighted by Crippen LogP contribution is 2.29. The molecule has 0 aliphatic carbocycles. The average Bonchev–Trinajstić information content (AvgIpc) is 2.47. The fourth-order valence-electron chi connectivity index (χ4n) is 1.64.